The second-order valence-electron chi connectivity index (χ2n) is 16.8. The van der Waals surface area contributed by atoms with Crippen molar-refractivity contribution in [3.63, 3.8) is 0 Å². The summed E-state index contributed by atoms with van der Waals surface area (Å²) < 4.78 is 47.6. The third kappa shape index (κ3) is 7.88. The summed E-state index contributed by atoms with van der Waals surface area (Å²) in [5.41, 5.74) is 2.33. The molecule has 4 amide bonds. The van der Waals surface area contributed by atoms with Crippen molar-refractivity contribution >= 4 is 52.1 Å². The Labute approximate surface area is 355 Å². The summed E-state index contributed by atoms with van der Waals surface area (Å²) in [4.78, 5) is 75.4. The van der Waals surface area contributed by atoms with Gasteiger partial charge in [-0.05, 0) is 94.9 Å². The van der Waals surface area contributed by atoms with Crippen LogP contribution in [-0.2, 0) is 16.1 Å². The van der Waals surface area contributed by atoms with Crippen molar-refractivity contribution < 1.29 is 32.3 Å². The number of imidazole rings is 1. The predicted molar refractivity (Wildman–Crippen MR) is 223 cm³/mol. The van der Waals surface area contributed by atoms with Gasteiger partial charge >= 0.3 is 0 Å². The Kier molecular flexibility index (Phi) is 11.0. The number of carbonyl (C=O) groups is 4. The van der Waals surface area contributed by atoms with E-state index < -0.39 is 47.1 Å². The zero-order chi connectivity index (χ0) is 43.4. The number of piperidine rings is 2. The van der Waals surface area contributed by atoms with Crippen LogP contribution in [0.25, 0.3) is 22.3 Å². The van der Waals surface area contributed by atoms with Gasteiger partial charge in [0.25, 0.3) is 11.8 Å². The van der Waals surface area contributed by atoms with E-state index in [1.165, 1.54) is 12.1 Å². The Morgan fingerprint density at radius 2 is 1.55 bits per heavy atom. The van der Waals surface area contributed by atoms with Gasteiger partial charge in [0.05, 0.1) is 28.5 Å². The molecule has 3 saturated heterocycles. The van der Waals surface area contributed by atoms with Crippen LogP contribution in [0.4, 0.5) is 30.6 Å². The third-order valence-corrected chi connectivity index (χ3v) is 12.4. The zero-order valence-electron chi connectivity index (χ0n) is 34.6. The van der Waals surface area contributed by atoms with Crippen LogP contribution in [0.5, 0.6) is 0 Å². The molecular weight excluding hydrogens is 804 g/mol. The molecule has 4 aliphatic heterocycles. The molecule has 9 rings (SSSR count). The highest BCUT2D eigenvalue weighted by Crippen LogP contribution is 2.34. The molecule has 0 spiro atoms. The molecule has 0 aliphatic carbocycles. The van der Waals surface area contributed by atoms with Gasteiger partial charge in [-0.15, -0.1) is 0 Å². The lowest BCUT2D eigenvalue weighted by Crippen LogP contribution is -2.54. The SMILES string of the molecule is Cc1nc2c(F)cc(-c3nc(Nc4ccc(CN5CCC(CN6CCN(c7cc8c(cc7F)C(=O)N(C7CCC(=O)NC7=O)C8=O)CC6)CC5)cn4)ncc3F)cc2n1C(C)C. The Balaban J connectivity index is 0.752. The average molecular weight is 850 g/mol. The first-order valence-corrected chi connectivity index (χ1v) is 21.0. The molecule has 2 N–H and O–H groups in total. The number of nitrogens with zero attached hydrogens (tertiary/aromatic N) is 9. The molecule has 0 radical (unpaired) electrons. The first-order chi connectivity index (χ1) is 29.8. The summed E-state index contributed by atoms with van der Waals surface area (Å²) in [5, 5.41) is 5.22. The number of piperazine rings is 1. The summed E-state index contributed by atoms with van der Waals surface area (Å²) >= 11 is 0. The number of benzene rings is 2. The summed E-state index contributed by atoms with van der Waals surface area (Å²) in [7, 11) is 0. The van der Waals surface area contributed by atoms with Crippen molar-refractivity contribution in [2.75, 3.05) is 56.0 Å². The first-order valence-electron chi connectivity index (χ1n) is 21.0. The van der Waals surface area contributed by atoms with Gasteiger partial charge in [0.1, 0.15) is 34.7 Å². The number of nitrogens with one attached hydrogen (secondary N) is 2. The molecule has 7 heterocycles. The highest BCUT2D eigenvalue weighted by atomic mass is 19.1. The molecule has 0 saturated carbocycles. The number of aromatic nitrogens is 5. The smallest absolute Gasteiger partial charge is 0.262 e. The standard InChI is InChI=1S/C44H46F3N11O4/c1-24(2)57-25(3)50-40-32(46)16-28(17-36(40)57)39-33(47)21-49-44(53-39)51-37-6-4-27(20-48-37)23-54-10-8-26(9-11-54)22-55-12-14-56(15-13-55)35-19-30-29(18-31(35)45)42(61)58(43(30)62)34-5-7-38(59)52-41(34)60/h4,6,16-21,24,26,34H,5,7-15,22-23H2,1-3H3,(H,52,59,60)(H,48,49,51,53). The number of amides is 4. The number of pyridine rings is 1. The number of fused-ring (bicyclic) bond motifs is 2. The highest BCUT2D eigenvalue weighted by molar-refractivity contribution is 6.23. The number of likely N-dealkylation sites (tertiary alicyclic amines) is 1. The van der Waals surface area contributed by atoms with E-state index in [4.69, 9.17) is 0 Å². The number of anilines is 3. The molecular formula is C44H46F3N11O4. The summed E-state index contributed by atoms with van der Waals surface area (Å²) in [6.45, 7) is 11.9. The Hall–Kier alpha value is -6.27. The predicted octanol–water partition coefficient (Wildman–Crippen LogP) is 5.37. The molecule has 322 valence electrons. The molecule has 3 aromatic heterocycles. The molecule has 62 heavy (non-hydrogen) atoms. The van der Waals surface area contributed by atoms with Crippen molar-refractivity contribution in [1.29, 1.82) is 0 Å². The molecule has 15 nitrogen and oxygen atoms in total. The molecule has 5 aromatic rings. The number of rotatable bonds is 10. The van der Waals surface area contributed by atoms with Crippen molar-refractivity contribution in [2.24, 2.45) is 5.92 Å². The topological polar surface area (TPSA) is 162 Å². The van der Waals surface area contributed by atoms with Crippen LogP contribution in [0.1, 0.15) is 77.7 Å². The van der Waals surface area contributed by atoms with Crippen LogP contribution in [-0.4, -0.2) is 115 Å². The van der Waals surface area contributed by atoms with Gasteiger partial charge in [0, 0.05) is 63.5 Å². The van der Waals surface area contributed by atoms with Crippen molar-refractivity contribution in [1.82, 2.24) is 44.5 Å². The molecule has 0 bridgehead atoms. The number of carbonyl (C=O) groups excluding carboxylic acids is 4. The van der Waals surface area contributed by atoms with E-state index in [9.17, 15) is 19.2 Å². The number of hydrogen-bond acceptors (Lipinski definition) is 12. The fourth-order valence-electron chi connectivity index (χ4n) is 9.24. The maximum Gasteiger partial charge on any atom is 0.262 e. The van der Waals surface area contributed by atoms with Crippen LogP contribution in [0.15, 0.2) is 48.8 Å². The largest absolute Gasteiger partial charge is 0.367 e. The lowest BCUT2D eigenvalue weighted by atomic mass is 9.95. The molecule has 1 atom stereocenters. The minimum absolute atomic E-state index is 0.0112. The fourth-order valence-corrected chi connectivity index (χ4v) is 9.24. The molecule has 3 fully saturated rings. The summed E-state index contributed by atoms with van der Waals surface area (Å²) in [5.74, 6) is -2.57. The zero-order valence-corrected chi connectivity index (χ0v) is 34.6. The number of imide groups is 2. The fraction of sp³-hybridized carbons (Fsp3) is 0.409. The Morgan fingerprint density at radius 3 is 2.24 bits per heavy atom. The van der Waals surface area contributed by atoms with Crippen molar-refractivity contribution in [2.45, 2.75) is 65.1 Å². The van der Waals surface area contributed by atoms with E-state index in [-0.39, 0.29) is 58.4 Å². The van der Waals surface area contributed by atoms with Crippen LogP contribution in [0, 0.1) is 30.3 Å². The van der Waals surface area contributed by atoms with Crippen molar-refractivity contribution in [3.05, 3.63) is 88.8 Å². The van der Waals surface area contributed by atoms with Gasteiger partial charge in [-0.1, -0.05) is 6.07 Å². The monoisotopic (exact) mass is 849 g/mol. The van der Waals surface area contributed by atoms with Gasteiger partial charge < -0.3 is 14.8 Å². The second-order valence-corrected chi connectivity index (χ2v) is 16.8. The van der Waals surface area contributed by atoms with Gasteiger partial charge in [0.2, 0.25) is 17.8 Å². The van der Waals surface area contributed by atoms with Gasteiger partial charge in [-0.25, -0.2) is 33.1 Å². The van der Waals surface area contributed by atoms with E-state index in [1.54, 1.807) is 12.3 Å². The lowest BCUT2D eigenvalue weighted by Gasteiger charge is -2.39. The first kappa shape index (κ1) is 41.1. The van der Waals surface area contributed by atoms with E-state index in [0.717, 1.165) is 74.8 Å². The van der Waals surface area contributed by atoms with Crippen LogP contribution in [0.2, 0.25) is 0 Å². The quantitative estimate of drug-likeness (QED) is 0.173. The Morgan fingerprint density at radius 1 is 0.806 bits per heavy atom. The van der Waals surface area contributed by atoms with Crippen LogP contribution in [0.3, 0.4) is 0 Å². The van der Waals surface area contributed by atoms with Gasteiger partial charge in [0.15, 0.2) is 11.6 Å². The minimum atomic E-state index is -1.11. The molecule has 4 aliphatic rings. The number of aryl methyl sites for hydroxylation is 1. The van der Waals surface area contributed by atoms with E-state index in [1.807, 2.05) is 42.4 Å². The van der Waals surface area contributed by atoms with E-state index >= 15 is 13.2 Å². The maximum absolute atomic E-state index is 15.5. The minimum Gasteiger partial charge on any atom is -0.367 e. The molecule has 2 aromatic carbocycles. The second kappa shape index (κ2) is 16.5. The van der Waals surface area contributed by atoms with E-state index in [0.29, 0.717) is 36.2 Å². The van der Waals surface area contributed by atoms with Gasteiger partial charge in [-0.3, -0.25) is 39.2 Å². The van der Waals surface area contributed by atoms with E-state index in [2.05, 4.69) is 40.4 Å². The Bertz CT molecular complexity index is 2600. The van der Waals surface area contributed by atoms with Crippen LogP contribution < -0.4 is 15.5 Å². The summed E-state index contributed by atoms with van der Waals surface area (Å²) in [6, 6.07) is 8.19. The number of hydrogen-bond donors (Lipinski definition) is 2. The normalized spacial score (nSPS) is 19.2. The van der Waals surface area contributed by atoms with Crippen molar-refractivity contribution in [3.8, 4) is 11.3 Å². The highest BCUT2D eigenvalue weighted by Gasteiger charge is 2.45. The molecule has 1 unspecified atom stereocenters. The average Bonchev–Trinajstić information content (AvgIpc) is 3.71. The third-order valence-electron chi connectivity index (χ3n) is 12.4. The van der Waals surface area contributed by atoms with Gasteiger partial charge in [-0.2, -0.15) is 0 Å². The number of halogens is 3. The van der Waals surface area contributed by atoms with Crippen LogP contribution >= 0.6 is 0 Å². The lowest BCUT2D eigenvalue weighted by molar-refractivity contribution is -0.136. The maximum atomic E-state index is 15.5. The summed E-state index contributed by atoms with van der Waals surface area (Å²) in [6.07, 6.45) is 4.97. The molecule has 18 heteroatoms.